The van der Waals surface area contributed by atoms with Crippen LogP contribution in [-0.4, -0.2) is 34.0 Å². The number of ether oxygens (including phenoxy) is 1. The fraction of sp³-hybridized carbons (Fsp3) is 0.263. The summed E-state index contributed by atoms with van der Waals surface area (Å²) in [5.74, 6) is 1.24. The molecule has 0 spiro atoms. The van der Waals surface area contributed by atoms with E-state index in [0.29, 0.717) is 17.0 Å². The zero-order chi connectivity index (χ0) is 20.1. The number of non-ortho nitro benzene ring substituents is 1. The van der Waals surface area contributed by atoms with Crippen LogP contribution in [0, 0.1) is 10.1 Å². The zero-order valence-electron chi connectivity index (χ0n) is 15.5. The lowest BCUT2D eigenvalue weighted by molar-refractivity contribution is -0.384. The normalized spacial score (nSPS) is 11.7. The van der Waals surface area contributed by atoms with Crippen molar-refractivity contribution in [2.45, 2.75) is 13.5 Å². The predicted molar refractivity (Wildman–Crippen MR) is 112 cm³/mol. The molecule has 0 radical (unpaired) electrons. The van der Waals surface area contributed by atoms with Crippen molar-refractivity contribution in [3.63, 3.8) is 0 Å². The zero-order valence-corrected chi connectivity index (χ0v) is 17.1. The Morgan fingerprint density at radius 3 is 2.68 bits per heavy atom. The first-order valence-corrected chi connectivity index (χ1v) is 10.8. The smallest absolute Gasteiger partial charge is 0.279 e. The van der Waals surface area contributed by atoms with Gasteiger partial charge < -0.3 is 9.30 Å². The molecule has 1 aromatic heterocycles. The molecule has 1 amide bonds. The maximum atomic E-state index is 12.6. The molecule has 0 aliphatic heterocycles. The second-order valence-corrected chi connectivity index (χ2v) is 7.81. The number of nitrogens with zero attached hydrogens (tertiary/aromatic N) is 3. The molecular formula is C19H19N3O4S2. The number of amides is 1. The quantitative estimate of drug-likeness (QED) is 0.426. The Kier molecular flexibility index (Phi) is 6.48. The number of benzene rings is 2. The third-order valence-electron chi connectivity index (χ3n) is 4.01. The van der Waals surface area contributed by atoms with Crippen LogP contribution in [0.5, 0.6) is 5.75 Å². The van der Waals surface area contributed by atoms with Crippen LogP contribution in [0.3, 0.4) is 0 Å². The van der Waals surface area contributed by atoms with Gasteiger partial charge in [-0.3, -0.25) is 14.9 Å². The molecule has 2 aromatic carbocycles. The highest BCUT2D eigenvalue weighted by atomic mass is 32.2. The van der Waals surface area contributed by atoms with Crippen LogP contribution in [-0.2, 0) is 6.54 Å². The Balaban J connectivity index is 2.03. The number of fused-ring (bicyclic) bond motifs is 1. The van der Waals surface area contributed by atoms with Gasteiger partial charge in [-0.15, -0.1) is 0 Å². The molecule has 3 aromatic rings. The van der Waals surface area contributed by atoms with E-state index in [2.05, 4.69) is 4.99 Å². The number of aryl methyl sites for hydroxylation is 1. The van der Waals surface area contributed by atoms with Crippen molar-refractivity contribution in [2.24, 2.45) is 4.99 Å². The Labute approximate surface area is 169 Å². The molecule has 0 saturated carbocycles. The number of thiazole rings is 1. The van der Waals surface area contributed by atoms with Crippen LogP contribution in [0.1, 0.15) is 17.3 Å². The number of thioether (sulfide) groups is 1. The first-order chi connectivity index (χ1) is 13.5. The summed E-state index contributed by atoms with van der Waals surface area (Å²) < 4.78 is 8.58. The fourth-order valence-corrected chi connectivity index (χ4v) is 4.12. The maximum Gasteiger partial charge on any atom is 0.279 e. The van der Waals surface area contributed by atoms with Gasteiger partial charge in [0.1, 0.15) is 5.75 Å². The molecule has 0 bridgehead atoms. The SMILES string of the molecule is CCOc1ccc2c(c1)sc(=NC(=O)c1ccc([N+](=O)[O-])cc1)n2CCSC. The first kappa shape index (κ1) is 20.1. The predicted octanol–water partition coefficient (Wildman–Crippen LogP) is 4.11. The highest BCUT2D eigenvalue weighted by Crippen LogP contribution is 2.24. The topological polar surface area (TPSA) is 86.7 Å². The van der Waals surface area contributed by atoms with Crippen LogP contribution in [0.4, 0.5) is 5.69 Å². The van der Waals surface area contributed by atoms with Crippen molar-refractivity contribution < 1.29 is 14.5 Å². The molecule has 0 atom stereocenters. The standard InChI is InChI=1S/C19H19N3O4S2/c1-3-26-15-8-9-16-17(12-15)28-19(21(16)10-11-27-2)20-18(23)13-4-6-14(7-5-13)22(24)25/h4-9,12H,3,10-11H2,1-2H3. The van der Waals surface area contributed by atoms with Gasteiger partial charge in [0.15, 0.2) is 4.80 Å². The molecule has 0 N–H and O–H groups in total. The van der Waals surface area contributed by atoms with E-state index in [4.69, 9.17) is 4.74 Å². The molecule has 3 rings (SSSR count). The highest BCUT2D eigenvalue weighted by molar-refractivity contribution is 7.98. The van der Waals surface area contributed by atoms with Gasteiger partial charge in [0, 0.05) is 30.0 Å². The van der Waals surface area contributed by atoms with Crippen LogP contribution < -0.4 is 9.54 Å². The van der Waals surface area contributed by atoms with Gasteiger partial charge in [0.2, 0.25) is 0 Å². The monoisotopic (exact) mass is 417 g/mol. The van der Waals surface area contributed by atoms with Crippen LogP contribution in [0.15, 0.2) is 47.5 Å². The molecule has 28 heavy (non-hydrogen) atoms. The highest BCUT2D eigenvalue weighted by Gasteiger charge is 2.12. The number of hydrogen-bond acceptors (Lipinski definition) is 6. The molecule has 9 heteroatoms. The van der Waals surface area contributed by atoms with E-state index in [1.807, 2.05) is 35.9 Å². The van der Waals surface area contributed by atoms with Crippen molar-refractivity contribution in [3.8, 4) is 5.75 Å². The van der Waals surface area contributed by atoms with E-state index in [1.54, 1.807) is 11.8 Å². The van der Waals surface area contributed by atoms with E-state index in [9.17, 15) is 14.9 Å². The van der Waals surface area contributed by atoms with Gasteiger partial charge in [-0.25, -0.2) is 0 Å². The second-order valence-electron chi connectivity index (χ2n) is 5.81. The summed E-state index contributed by atoms with van der Waals surface area (Å²) >= 11 is 3.14. The molecular weight excluding hydrogens is 398 g/mol. The van der Waals surface area contributed by atoms with Crippen LogP contribution in [0.25, 0.3) is 10.2 Å². The van der Waals surface area contributed by atoms with Gasteiger partial charge in [-0.05, 0) is 43.5 Å². The lowest BCUT2D eigenvalue weighted by Crippen LogP contribution is -2.18. The summed E-state index contributed by atoms with van der Waals surface area (Å²) in [6.45, 7) is 3.24. The number of hydrogen-bond donors (Lipinski definition) is 0. The van der Waals surface area contributed by atoms with Crippen molar-refractivity contribution >= 4 is 44.9 Å². The van der Waals surface area contributed by atoms with Gasteiger partial charge in [0.05, 0.1) is 21.7 Å². The molecule has 146 valence electrons. The lowest BCUT2D eigenvalue weighted by Gasteiger charge is -2.05. The average molecular weight is 418 g/mol. The Morgan fingerprint density at radius 1 is 1.29 bits per heavy atom. The Bertz CT molecular complexity index is 1070. The van der Waals surface area contributed by atoms with Crippen molar-refractivity contribution in [3.05, 3.63) is 62.9 Å². The van der Waals surface area contributed by atoms with Crippen LogP contribution >= 0.6 is 23.1 Å². The molecule has 0 fully saturated rings. The summed E-state index contributed by atoms with van der Waals surface area (Å²) in [6.07, 6.45) is 2.03. The third kappa shape index (κ3) is 4.42. The average Bonchev–Trinajstić information content (AvgIpc) is 3.02. The maximum absolute atomic E-state index is 12.6. The minimum absolute atomic E-state index is 0.0584. The molecule has 0 unspecified atom stereocenters. The van der Waals surface area contributed by atoms with E-state index >= 15 is 0 Å². The van der Waals surface area contributed by atoms with E-state index < -0.39 is 10.8 Å². The van der Waals surface area contributed by atoms with Crippen LogP contribution in [0.2, 0.25) is 0 Å². The Morgan fingerprint density at radius 2 is 2.04 bits per heavy atom. The van der Waals surface area contributed by atoms with Gasteiger partial charge >= 0.3 is 0 Å². The second kappa shape index (κ2) is 9.03. The number of nitro benzene ring substituents is 1. The number of rotatable bonds is 7. The van der Waals surface area contributed by atoms with Crippen molar-refractivity contribution in [1.29, 1.82) is 0 Å². The lowest BCUT2D eigenvalue weighted by atomic mass is 10.2. The summed E-state index contributed by atoms with van der Waals surface area (Å²) in [5, 5.41) is 10.8. The largest absolute Gasteiger partial charge is 0.494 e. The van der Waals surface area contributed by atoms with E-state index in [1.165, 1.54) is 35.6 Å². The molecule has 7 nitrogen and oxygen atoms in total. The molecule has 0 aliphatic rings. The van der Waals surface area contributed by atoms with E-state index in [0.717, 1.165) is 28.3 Å². The number of nitro groups is 1. The number of aromatic nitrogens is 1. The third-order valence-corrected chi connectivity index (χ3v) is 5.64. The molecule has 1 heterocycles. The first-order valence-electron chi connectivity index (χ1n) is 8.62. The summed E-state index contributed by atoms with van der Waals surface area (Å²) in [5.41, 5.74) is 1.25. The fourth-order valence-electron chi connectivity index (χ4n) is 2.67. The minimum atomic E-state index is -0.496. The van der Waals surface area contributed by atoms with Crippen molar-refractivity contribution in [2.75, 3.05) is 18.6 Å². The van der Waals surface area contributed by atoms with Gasteiger partial charge in [-0.2, -0.15) is 16.8 Å². The van der Waals surface area contributed by atoms with Crippen molar-refractivity contribution in [1.82, 2.24) is 4.57 Å². The van der Waals surface area contributed by atoms with Gasteiger partial charge in [-0.1, -0.05) is 11.3 Å². The molecule has 0 aliphatic carbocycles. The van der Waals surface area contributed by atoms with Gasteiger partial charge in [0.25, 0.3) is 11.6 Å². The van der Waals surface area contributed by atoms with E-state index in [-0.39, 0.29) is 5.69 Å². The minimum Gasteiger partial charge on any atom is -0.494 e. The Hall–Kier alpha value is -2.65. The summed E-state index contributed by atoms with van der Waals surface area (Å²) in [4.78, 5) is 27.8. The number of carbonyl (C=O) groups is 1. The molecule has 0 saturated heterocycles. The summed E-state index contributed by atoms with van der Waals surface area (Å²) in [7, 11) is 0. The number of carbonyl (C=O) groups excluding carboxylic acids is 1. The summed E-state index contributed by atoms with van der Waals surface area (Å²) in [6, 6.07) is 11.3.